The van der Waals surface area contributed by atoms with Gasteiger partial charge in [-0.1, -0.05) is 24.3 Å². The van der Waals surface area contributed by atoms with Gasteiger partial charge in [-0.2, -0.15) is 5.10 Å². The quantitative estimate of drug-likeness (QED) is 0.882. The Labute approximate surface area is 135 Å². The van der Waals surface area contributed by atoms with Crippen LogP contribution < -0.4 is 5.32 Å². The van der Waals surface area contributed by atoms with Crippen molar-refractivity contribution < 1.29 is 9.59 Å². The van der Waals surface area contributed by atoms with Crippen LogP contribution in [-0.4, -0.2) is 21.5 Å². The summed E-state index contributed by atoms with van der Waals surface area (Å²) in [4.78, 5) is 24.0. The summed E-state index contributed by atoms with van der Waals surface area (Å²) in [6.45, 7) is 5.29. The molecule has 120 valence electrons. The molecule has 0 saturated carbocycles. The number of hydrogen-bond donors (Lipinski definition) is 1. The molecule has 0 fully saturated rings. The fraction of sp³-hybridized carbons (Fsp3) is 0.389. The normalized spacial score (nSPS) is 16.2. The molecular formula is C18H21N3O2. The Kier molecular flexibility index (Phi) is 4.03. The molecule has 5 heteroatoms. The molecule has 0 radical (unpaired) electrons. The second-order valence-corrected chi connectivity index (χ2v) is 6.12. The zero-order valence-electron chi connectivity index (χ0n) is 13.7. The number of carbonyl (C=O) groups excluding carboxylic acids is 2. The van der Waals surface area contributed by atoms with Gasteiger partial charge in [0, 0.05) is 5.69 Å². The van der Waals surface area contributed by atoms with E-state index in [2.05, 4.69) is 22.5 Å². The number of rotatable bonds is 4. The maximum Gasteiger partial charge on any atom is 0.242 e. The Morgan fingerprint density at radius 3 is 2.74 bits per heavy atom. The summed E-state index contributed by atoms with van der Waals surface area (Å²) >= 11 is 0. The van der Waals surface area contributed by atoms with Crippen molar-refractivity contribution in [2.75, 3.05) is 0 Å². The second-order valence-electron chi connectivity index (χ2n) is 6.12. The lowest BCUT2D eigenvalue weighted by molar-refractivity contribution is -0.122. The van der Waals surface area contributed by atoms with Crippen molar-refractivity contribution in [3.63, 3.8) is 0 Å². The molecule has 0 spiro atoms. The third-order valence-corrected chi connectivity index (χ3v) is 4.50. The SMILES string of the molecule is CC(=O)c1c(C)nn(CC(=O)N[C@H]2CCc3ccccc32)c1C. The Morgan fingerprint density at radius 2 is 2.04 bits per heavy atom. The van der Waals surface area contributed by atoms with Crippen molar-refractivity contribution in [3.8, 4) is 0 Å². The van der Waals surface area contributed by atoms with Crippen LogP contribution >= 0.6 is 0 Å². The van der Waals surface area contributed by atoms with Gasteiger partial charge < -0.3 is 5.32 Å². The number of carbonyl (C=O) groups is 2. The molecule has 23 heavy (non-hydrogen) atoms. The lowest BCUT2D eigenvalue weighted by atomic mass is 10.1. The van der Waals surface area contributed by atoms with Crippen LogP contribution in [0.2, 0.25) is 0 Å². The van der Waals surface area contributed by atoms with E-state index in [1.807, 2.05) is 19.1 Å². The molecule has 1 amide bonds. The van der Waals surface area contributed by atoms with Gasteiger partial charge in [0.05, 0.1) is 17.3 Å². The van der Waals surface area contributed by atoms with Crippen molar-refractivity contribution in [3.05, 3.63) is 52.3 Å². The van der Waals surface area contributed by atoms with Crippen molar-refractivity contribution in [1.29, 1.82) is 0 Å². The van der Waals surface area contributed by atoms with Crippen LogP contribution in [0.1, 0.15) is 52.3 Å². The number of ketones is 1. The Morgan fingerprint density at radius 1 is 1.30 bits per heavy atom. The molecule has 0 unspecified atom stereocenters. The monoisotopic (exact) mass is 311 g/mol. The van der Waals surface area contributed by atoms with Gasteiger partial charge in [-0.15, -0.1) is 0 Å². The predicted molar refractivity (Wildman–Crippen MR) is 87.4 cm³/mol. The Bertz CT molecular complexity index is 777. The van der Waals surface area contributed by atoms with Gasteiger partial charge in [-0.05, 0) is 44.7 Å². The molecule has 5 nitrogen and oxygen atoms in total. The van der Waals surface area contributed by atoms with Gasteiger partial charge in [-0.25, -0.2) is 0 Å². The highest BCUT2D eigenvalue weighted by molar-refractivity contribution is 5.96. The number of benzene rings is 1. The molecule has 0 bridgehead atoms. The molecule has 2 aromatic rings. The average molecular weight is 311 g/mol. The number of fused-ring (bicyclic) bond motifs is 1. The van der Waals surface area contributed by atoms with E-state index < -0.39 is 0 Å². The number of hydrogen-bond acceptors (Lipinski definition) is 3. The van der Waals surface area contributed by atoms with Crippen LogP contribution in [0.5, 0.6) is 0 Å². The summed E-state index contributed by atoms with van der Waals surface area (Å²) in [7, 11) is 0. The standard InChI is InChI=1S/C18H21N3O2/c1-11-18(13(3)22)12(2)21(20-11)10-17(23)19-16-9-8-14-6-4-5-7-15(14)16/h4-7,16H,8-10H2,1-3H3,(H,19,23)/t16-/m0/s1. The third kappa shape index (κ3) is 2.91. The minimum absolute atomic E-state index is 0.0172. The topological polar surface area (TPSA) is 64.0 Å². The first-order valence-corrected chi connectivity index (χ1v) is 7.89. The van der Waals surface area contributed by atoms with Crippen LogP contribution in [0, 0.1) is 13.8 Å². The second kappa shape index (κ2) is 5.99. The molecule has 0 aliphatic heterocycles. The first-order valence-electron chi connectivity index (χ1n) is 7.89. The number of amides is 1. The molecule has 3 rings (SSSR count). The lowest BCUT2D eigenvalue weighted by Crippen LogP contribution is -2.31. The van der Waals surface area contributed by atoms with E-state index in [1.165, 1.54) is 18.1 Å². The molecule has 1 aromatic heterocycles. The minimum Gasteiger partial charge on any atom is -0.348 e. The van der Waals surface area contributed by atoms with Crippen LogP contribution in [0.4, 0.5) is 0 Å². The number of Topliss-reactive ketones (excluding diaryl/α,β-unsaturated/α-hetero) is 1. The molecule has 1 aromatic carbocycles. The van der Waals surface area contributed by atoms with Crippen LogP contribution in [0.25, 0.3) is 0 Å². The molecule has 1 N–H and O–H groups in total. The van der Waals surface area contributed by atoms with E-state index in [4.69, 9.17) is 0 Å². The fourth-order valence-electron chi connectivity index (χ4n) is 3.44. The van der Waals surface area contributed by atoms with Gasteiger partial charge in [0.15, 0.2) is 5.78 Å². The summed E-state index contributed by atoms with van der Waals surface area (Å²) in [5.74, 6) is -0.0937. The highest BCUT2D eigenvalue weighted by atomic mass is 16.2. The third-order valence-electron chi connectivity index (χ3n) is 4.50. The van der Waals surface area contributed by atoms with E-state index >= 15 is 0 Å². The summed E-state index contributed by atoms with van der Waals surface area (Å²) in [5, 5.41) is 7.41. The van der Waals surface area contributed by atoms with Crippen molar-refractivity contribution >= 4 is 11.7 Å². The Balaban J connectivity index is 1.72. The lowest BCUT2D eigenvalue weighted by Gasteiger charge is -2.14. The van der Waals surface area contributed by atoms with Gasteiger partial charge in [-0.3, -0.25) is 14.3 Å². The zero-order valence-corrected chi connectivity index (χ0v) is 13.7. The zero-order chi connectivity index (χ0) is 16.6. The number of aromatic nitrogens is 2. The molecule has 1 atom stereocenters. The Hall–Kier alpha value is -2.43. The van der Waals surface area contributed by atoms with E-state index in [-0.39, 0.29) is 24.3 Å². The summed E-state index contributed by atoms with van der Waals surface area (Å²) in [5.41, 5.74) is 4.55. The number of nitrogens with one attached hydrogen (secondary N) is 1. The number of aryl methyl sites for hydroxylation is 2. The van der Waals surface area contributed by atoms with Crippen molar-refractivity contribution in [1.82, 2.24) is 15.1 Å². The molecule has 0 saturated heterocycles. The summed E-state index contributed by atoms with van der Waals surface area (Å²) in [6.07, 6.45) is 1.93. The van der Waals surface area contributed by atoms with E-state index in [0.29, 0.717) is 11.3 Å². The fourth-order valence-corrected chi connectivity index (χ4v) is 3.44. The smallest absolute Gasteiger partial charge is 0.242 e. The molecule has 1 aliphatic rings. The van der Waals surface area contributed by atoms with Gasteiger partial charge >= 0.3 is 0 Å². The van der Waals surface area contributed by atoms with Gasteiger partial charge in [0.2, 0.25) is 5.91 Å². The highest BCUT2D eigenvalue weighted by Crippen LogP contribution is 2.30. The van der Waals surface area contributed by atoms with Crippen molar-refractivity contribution in [2.24, 2.45) is 0 Å². The first kappa shape index (κ1) is 15.5. The van der Waals surface area contributed by atoms with E-state index in [1.54, 1.807) is 11.6 Å². The van der Waals surface area contributed by atoms with Gasteiger partial charge in [0.1, 0.15) is 6.54 Å². The van der Waals surface area contributed by atoms with Crippen LogP contribution in [0.3, 0.4) is 0 Å². The molecular weight excluding hydrogens is 290 g/mol. The summed E-state index contributed by atoms with van der Waals surface area (Å²) < 4.78 is 1.61. The average Bonchev–Trinajstić information content (AvgIpc) is 3.01. The predicted octanol–water partition coefficient (Wildman–Crippen LogP) is 2.51. The van der Waals surface area contributed by atoms with Gasteiger partial charge in [0.25, 0.3) is 0 Å². The maximum atomic E-state index is 12.4. The van der Waals surface area contributed by atoms with Crippen molar-refractivity contribution in [2.45, 2.75) is 46.2 Å². The maximum absolute atomic E-state index is 12.4. The molecule has 1 heterocycles. The minimum atomic E-state index is -0.0765. The number of nitrogens with zero attached hydrogens (tertiary/aromatic N) is 2. The summed E-state index contributed by atoms with van der Waals surface area (Å²) in [6, 6.07) is 8.29. The van der Waals surface area contributed by atoms with Crippen LogP contribution in [-0.2, 0) is 17.8 Å². The first-order chi connectivity index (χ1) is 11.0. The largest absolute Gasteiger partial charge is 0.348 e. The van der Waals surface area contributed by atoms with Crippen LogP contribution in [0.15, 0.2) is 24.3 Å². The highest BCUT2D eigenvalue weighted by Gasteiger charge is 2.24. The van der Waals surface area contributed by atoms with E-state index in [0.717, 1.165) is 18.5 Å². The molecule has 1 aliphatic carbocycles. The van der Waals surface area contributed by atoms with E-state index in [9.17, 15) is 9.59 Å².